The van der Waals surface area contributed by atoms with Crippen LogP contribution in [0.5, 0.6) is 0 Å². The molecule has 0 aromatic carbocycles. The summed E-state index contributed by atoms with van der Waals surface area (Å²) in [5.74, 6) is -0.282. The van der Waals surface area contributed by atoms with Crippen molar-refractivity contribution in [3.8, 4) is 0 Å². The number of carbonyl (C=O) groups is 1. The van der Waals surface area contributed by atoms with E-state index in [1.54, 1.807) is 0 Å². The van der Waals surface area contributed by atoms with E-state index in [0.717, 1.165) is 0 Å². The fourth-order valence-corrected chi connectivity index (χ4v) is 0.279. The summed E-state index contributed by atoms with van der Waals surface area (Å²) in [5.41, 5.74) is 0. The number of ether oxygens (including phenoxy) is 1. The van der Waals surface area contributed by atoms with Gasteiger partial charge in [-0.2, -0.15) is 0 Å². The molecule has 1 N–H and O–H groups in total. The summed E-state index contributed by atoms with van der Waals surface area (Å²) < 4.78 is 4.35. The van der Waals surface area contributed by atoms with Crippen molar-refractivity contribution in [2.24, 2.45) is 0 Å². The number of carbonyl (C=O) groups excluding carboxylic acids is 1. The summed E-state index contributed by atoms with van der Waals surface area (Å²) in [6.07, 6.45) is 0. The van der Waals surface area contributed by atoms with Crippen LogP contribution in [0.4, 0.5) is 0 Å². The van der Waals surface area contributed by atoms with Gasteiger partial charge in [0.15, 0.2) is 0 Å². The van der Waals surface area contributed by atoms with Crippen LogP contribution in [0.15, 0.2) is 0 Å². The standard InChI is InChI=1S/C3H4NO2/c5-3-1-4-2-6-3/h1,4H,2H2. The number of cyclic esters (lactones) is 1. The molecule has 0 spiro atoms. The molecule has 0 amide bonds. The van der Waals surface area contributed by atoms with Gasteiger partial charge in [-0.3, -0.25) is 10.1 Å². The number of hydrogen-bond donors (Lipinski definition) is 1. The van der Waals surface area contributed by atoms with Gasteiger partial charge >= 0.3 is 5.97 Å². The molecule has 0 unspecified atom stereocenters. The van der Waals surface area contributed by atoms with E-state index < -0.39 is 0 Å². The van der Waals surface area contributed by atoms with Crippen molar-refractivity contribution in [1.29, 1.82) is 0 Å². The summed E-state index contributed by atoms with van der Waals surface area (Å²) >= 11 is 0. The van der Waals surface area contributed by atoms with Crippen LogP contribution in [0, 0.1) is 6.54 Å². The molecule has 0 saturated carbocycles. The van der Waals surface area contributed by atoms with Crippen molar-refractivity contribution in [1.82, 2.24) is 5.32 Å². The first-order chi connectivity index (χ1) is 2.89. The quantitative estimate of drug-likeness (QED) is 0.394. The maximum Gasteiger partial charge on any atom is 0.326 e. The summed E-state index contributed by atoms with van der Waals surface area (Å²) in [6, 6.07) is 0. The molecule has 1 saturated heterocycles. The SMILES string of the molecule is O=C1[CH]NCO1. The molecule has 1 aliphatic heterocycles. The highest BCUT2D eigenvalue weighted by molar-refractivity contribution is 5.79. The zero-order valence-electron chi connectivity index (χ0n) is 3.10. The van der Waals surface area contributed by atoms with Crippen molar-refractivity contribution < 1.29 is 9.53 Å². The molecular formula is C3H4NO2. The second kappa shape index (κ2) is 1.26. The summed E-state index contributed by atoms with van der Waals surface area (Å²) in [7, 11) is 0. The second-order valence-electron chi connectivity index (χ2n) is 0.956. The number of rotatable bonds is 0. The van der Waals surface area contributed by atoms with Crippen LogP contribution >= 0.6 is 0 Å². The van der Waals surface area contributed by atoms with Crippen molar-refractivity contribution >= 4 is 5.97 Å². The Balaban J connectivity index is 2.37. The van der Waals surface area contributed by atoms with E-state index in [-0.39, 0.29) is 5.97 Å². The highest BCUT2D eigenvalue weighted by Gasteiger charge is 2.07. The Morgan fingerprint density at radius 2 is 2.83 bits per heavy atom. The first-order valence-electron chi connectivity index (χ1n) is 1.63. The Morgan fingerprint density at radius 1 is 2.00 bits per heavy atom. The van der Waals surface area contributed by atoms with Crippen LogP contribution in [0.2, 0.25) is 0 Å². The molecule has 1 rings (SSSR count). The molecule has 33 valence electrons. The molecule has 3 heteroatoms. The first-order valence-corrected chi connectivity index (χ1v) is 1.63. The number of esters is 1. The van der Waals surface area contributed by atoms with Crippen molar-refractivity contribution in [3.63, 3.8) is 0 Å². The minimum Gasteiger partial charge on any atom is -0.448 e. The molecule has 1 fully saturated rings. The lowest BCUT2D eigenvalue weighted by molar-refractivity contribution is -0.135. The molecule has 0 aliphatic carbocycles. The van der Waals surface area contributed by atoms with E-state index >= 15 is 0 Å². The highest BCUT2D eigenvalue weighted by atomic mass is 16.6. The van der Waals surface area contributed by atoms with Gasteiger partial charge in [-0.15, -0.1) is 0 Å². The average molecular weight is 86.1 g/mol. The average Bonchev–Trinajstić information content (AvgIpc) is 1.86. The third kappa shape index (κ3) is 0.490. The van der Waals surface area contributed by atoms with E-state index in [0.29, 0.717) is 6.73 Å². The van der Waals surface area contributed by atoms with Crippen molar-refractivity contribution in [2.75, 3.05) is 6.73 Å². The van der Waals surface area contributed by atoms with Crippen LogP contribution in [0.1, 0.15) is 0 Å². The Hall–Kier alpha value is -0.570. The predicted octanol–water partition coefficient (Wildman–Crippen LogP) is -0.748. The van der Waals surface area contributed by atoms with Gasteiger partial charge in [-0.25, -0.2) is 0 Å². The summed E-state index contributed by atoms with van der Waals surface area (Å²) in [4.78, 5) is 9.90. The van der Waals surface area contributed by atoms with Gasteiger partial charge in [0.2, 0.25) is 0 Å². The smallest absolute Gasteiger partial charge is 0.326 e. The topological polar surface area (TPSA) is 38.3 Å². The fraction of sp³-hybridized carbons (Fsp3) is 0.333. The Morgan fingerprint density at radius 3 is 3.00 bits per heavy atom. The van der Waals surface area contributed by atoms with Crippen LogP contribution in [-0.4, -0.2) is 12.7 Å². The molecule has 0 aromatic rings. The Labute approximate surface area is 35.3 Å². The third-order valence-electron chi connectivity index (χ3n) is 0.518. The number of nitrogens with one attached hydrogen (secondary N) is 1. The molecule has 0 bridgehead atoms. The van der Waals surface area contributed by atoms with Crippen LogP contribution < -0.4 is 5.32 Å². The van der Waals surface area contributed by atoms with Crippen LogP contribution in [-0.2, 0) is 9.53 Å². The summed E-state index contributed by atoms with van der Waals surface area (Å²) in [5, 5.41) is 2.58. The van der Waals surface area contributed by atoms with Crippen molar-refractivity contribution in [3.05, 3.63) is 6.54 Å². The lowest BCUT2D eigenvalue weighted by Gasteiger charge is -1.79. The fourth-order valence-electron chi connectivity index (χ4n) is 0.279. The van der Waals surface area contributed by atoms with Gasteiger partial charge in [0.25, 0.3) is 0 Å². The molecule has 1 heterocycles. The Kier molecular flexibility index (Phi) is 0.759. The van der Waals surface area contributed by atoms with Crippen LogP contribution in [0.25, 0.3) is 0 Å². The lowest BCUT2D eigenvalue weighted by atomic mass is 10.7. The minimum atomic E-state index is -0.282. The molecule has 3 nitrogen and oxygen atoms in total. The first kappa shape index (κ1) is 3.61. The predicted molar refractivity (Wildman–Crippen MR) is 18.4 cm³/mol. The second-order valence-corrected chi connectivity index (χ2v) is 0.956. The largest absolute Gasteiger partial charge is 0.448 e. The van der Waals surface area contributed by atoms with Gasteiger partial charge < -0.3 is 4.74 Å². The zero-order valence-corrected chi connectivity index (χ0v) is 3.10. The van der Waals surface area contributed by atoms with Gasteiger partial charge in [0.1, 0.15) is 13.3 Å². The maximum atomic E-state index is 9.90. The highest BCUT2D eigenvalue weighted by Crippen LogP contribution is 1.85. The molecule has 1 aliphatic rings. The maximum absolute atomic E-state index is 9.90. The third-order valence-corrected chi connectivity index (χ3v) is 0.518. The normalized spacial score (nSPS) is 21.0. The van der Waals surface area contributed by atoms with E-state index in [2.05, 4.69) is 10.1 Å². The molecule has 1 radical (unpaired) electrons. The molecule has 0 atom stereocenters. The van der Waals surface area contributed by atoms with E-state index in [4.69, 9.17) is 0 Å². The minimum absolute atomic E-state index is 0.282. The number of hydrogen-bond acceptors (Lipinski definition) is 3. The van der Waals surface area contributed by atoms with Crippen LogP contribution in [0.3, 0.4) is 0 Å². The van der Waals surface area contributed by atoms with Gasteiger partial charge in [0, 0.05) is 0 Å². The van der Waals surface area contributed by atoms with E-state index in [9.17, 15) is 4.79 Å². The van der Waals surface area contributed by atoms with E-state index in [1.807, 2.05) is 0 Å². The van der Waals surface area contributed by atoms with Crippen molar-refractivity contribution in [2.45, 2.75) is 0 Å². The molecular weight excluding hydrogens is 82.0 g/mol. The van der Waals surface area contributed by atoms with Gasteiger partial charge in [0.05, 0.1) is 0 Å². The van der Waals surface area contributed by atoms with Gasteiger partial charge in [-0.1, -0.05) is 0 Å². The zero-order chi connectivity index (χ0) is 4.41. The lowest BCUT2D eigenvalue weighted by Crippen LogP contribution is -2.00. The monoisotopic (exact) mass is 86.0 g/mol. The molecule has 6 heavy (non-hydrogen) atoms. The summed E-state index contributed by atoms with van der Waals surface area (Å²) in [6.45, 7) is 1.62. The van der Waals surface area contributed by atoms with Gasteiger partial charge in [-0.05, 0) is 0 Å². The Bertz CT molecular complexity index is 63.2. The molecule has 0 aromatic heterocycles. The van der Waals surface area contributed by atoms with E-state index in [1.165, 1.54) is 6.54 Å².